The Morgan fingerprint density at radius 1 is 1.17 bits per heavy atom. The summed E-state index contributed by atoms with van der Waals surface area (Å²) in [6, 6.07) is 8.32. The second kappa shape index (κ2) is 5.70. The number of nitrogens with zero attached hydrogens (tertiary/aromatic N) is 5. The molecule has 96 valence electrons. The highest BCUT2D eigenvalue weighted by Crippen LogP contribution is 2.07. The molecule has 1 aromatic carbocycles. The third-order valence-corrected chi connectivity index (χ3v) is 2.67. The van der Waals surface area contributed by atoms with Gasteiger partial charge in [0, 0.05) is 13.1 Å². The number of benzene rings is 1. The predicted molar refractivity (Wildman–Crippen MR) is 68.3 cm³/mol. The first-order chi connectivity index (χ1) is 8.67. The molecular formula is C12H18N6. The monoisotopic (exact) mass is 246 g/mol. The van der Waals surface area contributed by atoms with Crippen LogP contribution in [0.3, 0.4) is 0 Å². The highest BCUT2D eigenvalue weighted by Gasteiger charge is 2.06. The van der Waals surface area contributed by atoms with E-state index in [1.807, 2.05) is 7.05 Å². The largest absolute Gasteiger partial charge is 0.326 e. The van der Waals surface area contributed by atoms with Gasteiger partial charge in [0.2, 0.25) is 0 Å². The molecule has 0 aliphatic rings. The summed E-state index contributed by atoms with van der Waals surface area (Å²) in [5, 5.41) is 11.9. The van der Waals surface area contributed by atoms with Gasteiger partial charge in [-0.05, 0) is 23.4 Å². The van der Waals surface area contributed by atoms with Crippen LogP contribution in [-0.2, 0) is 26.7 Å². The van der Waals surface area contributed by atoms with Crippen molar-refractivity contribution in [3.8, 4) is 0 Å². The van der Waals surface area contributed by atoms with Crippen LogP contribution in [0.2, 0.25) is 0 Å². The Kier molecular flexibility index (Phi) is 4.01. The molecule has 0 atom stereocenters. The molecule has 0 amide bonds. The molecule has 18 heavy (non-hydrogen) atoms. The van der Waals surface area contributed by atoms with Crippen molar-refractivity contribution in [3.05, 3.63) is 41.2 Å². The molecule has 0 unspecified atom stereocenters. The number of hydrogen-bond acceptors (Lipinski definition) is 5. The number of hydrogen-bond donors (Lipinski definition) is 1. The van der Waals surface area contributed by atoms with E-state index in [1.165, 1.54) is 10.4 Å². The maximum absolute atomic E-state index is 5.57. The molecule has 0 saturated carbocycles. The van der Waals surface area contributed by atoms with Crippen LogP contribution in [0.5, 0.6) is 0 Å². The summed E-state index contributed by atoms with van der Waals surface area (Å²) < 4.78 is 0. The van der Waals surface area contributed by atoms with Crippen LogP contribution in [0.1, 0.15) is 17.0 Å². The smallest absolute Gasteiger partial charge is 0.188 e. The van der Waals surface area contributed by atoms with Crippen LogP contribution in [-0.4, -0.2) is 32.2 Å². The van der Waals surface area contributed by atoms with Crippen molar-refractivity contribution >= 4 is 0 Å². The minimum absolute atomic E-state index is 0.583. The zero-order valence-corrected chi connectivity index (χ0v) is 10.7. The molecule has 0 radical (unpaired) electrons. The van der Waals surface area contributed by atoms with Gasteiger partial charge < -0.3 is 5.73 Å². The van der Waals surface area contributed by atoms with Crippen molar-refractivity contribution in [2.45, 2.75) is 19.6 Å². The summed E-state index contributed by atoms with van der Waals surface area (Å²) in [5.41, 5.74) is 7.97. The predicted octanol–water partition coefficient (Wildman–Crippen LogP) is 0.301. The van der Waals surface area contributed by atoms with E-state index in [1.54, 1.807) is 7.05 Å². The standard InChI is InChI=1S/C12H18N6/c1-17(9-12-14-16-18(2)15-12)8-11-5-3-10(7-13)4-6-11/h3-6H,7-9,13H2,1-2H3. The Morgan fingerprint density at radius 3 is 2.39 bits per heavy atom. The van der Waals surface area contributed by atoms with E-state index in [-0.39, 0.29) is 0 Å². The van der Waals surface area contributed by atoms with Gasteiger partial charge in [0.25, 0.3) is 0 Å². The molecule has 0 fully saturated rings. The normalized spacial score (nSPS) is 11.1. The molecular weight excluding hydrogens is 228 g/mol. The van der Waals surface area contributed by atoms with Gasteiger partial charge in [-0.1, -0.05) is 24.3 Å². The van der Waals surface area contributed by atoms with Crippen molar-refractivity contribution in [3.63, 3.8) is 0 Å². The number of tetrazole rings is 1. The van der Waals surface area contributed by atoms with E-state index in [0.717, 1.165) is 17.9 Å². The molecule has 0 aliphatic heterocycles. The first kappa shape index (κ1) is 12.7. The maximum atomic E-state index is 5.57. The van der Waals surface area contributed by atoms with Gasteiger partial charge in [-0.3, -0.25) is 4.90 Å². The van der Waals surface area contributed by atoms with Gasteiger partial charge in [0.05, 0.1) is 13.6 Å². The van der Waals surface area contributed by atoms with Crippen LogP contribution in [0.4, 0.5) is 0 Å². The quantitative estimate of drug-likeness (QED) is 0.821. The Morgan fingerprint density at radius 2 is 1.83 bits per heavy atom. The zero-order chi connectivity index (χ0) is 13.0. The van der Waals surface area contributed by atoms with Gasteiger partial charge in [0.15, 0.2) is 5.82 Å². The van der Waals surface area contributed by atoms with Crippen molar-refractivity contribution in [2.75, 3.05) is 7.05 Å². The number of nitrogens with two attached hydrogens (primary N) is 1. The SMILES string of the molecule is CN(Cc1ccc(CN)cc1)Cc1nnn(C)n1. The molecule has 0 aliphatic carbocycles. The van der Waals surface area contributed by atoms with Crippen LogP contribution in [0.15, 0.2) is 24.3 Å². The minimum Gasteiger partial charge on any atom is -0.326 e. The Balaban J connectivity index is 1.91. The average molecular weight is 246 g/mol. The fraction of sp³-hybridized carbons (Fsp3) is 0.417. The van der Waals surface area contributed by atoms with Crippen molar-refractivity contribution in [2.24, 2.45) is 12.8 Å². The Hall–Kier alpha value is -1.79. The van der Waals surface area contributed by atoms with Crippen LogP contribution < -0.4 is 5.73 Å². The molecule has 1 aromatic heterocycles. The van der Waals surface area contributed by atoms with Crippen LogP contribution in [0.25, 0.3) is 0 Å². The van der Waals surface area contributed by atoms with E-state index < -0.39 is 0 Å². The molecule has 0 saturated heterocycles. The lowest BCUT2D eigenvalue weighted by atomic mass is 10.1. The van der Waals surface area contributed by atoms with Crippen molar-refractivity contribution in [1.82, 2.24) is 25.1 Å². The summed E-state index contributed by atoms with van der Waals surface area (Å²) in [6.07, 6.45) is 0. The molecule has 6 heteroatoms. The summed E-state index contributed by atoms with van der Waals surface area (Å²) in [6.45, 7) is 2.12. The minimum atomic E-state index is 0.583. The average Bonchev–Trinajstić information content (AvgIpc) is 2.75. The van der Waals surface area contributed by atoms with E-state index in [9.17, 15) is 0 Å². The lowest BCUT2D eigenvalue weighted by Gasteiger charge is -2.14. The second-order valence-corrected chi connectivity index (χ2v) is 4.39. The molecule has 2 N–H and O–H groups in total. The molecule has 2 rings (SSSR count). The summed E-state index contributed by atoms with van der Waals surface area (Å²) >= 11 is 0. The topological polar surface area (TPSA) is 72.9 Å². The number of aromatic nitrogens is 4. The van der Waals surface area contributed by atoms with Crippen LogP contribution >= 0.6 is 0 Å². The van der Waals surface area contributed by atoms with E-state index in [4.69, 9.17) is 5.73 Å². The first-order valence-electron chi connectivity index (χ1n) is 5.86. The lowest BCUT2D eigenvalue weighted by molar-refractivity contribution is 0.310. The molecule has 1 heterocycles. The zero-order valence-electron chi connectivity index (χ0n) is 10.7. The molecule has 0 spiro atoms. The van der Waals surface area contributed by atoms with Gasteiger partial charge in [-0.25, -0.2) is 0 Å². The molecule has 2 aromatic rings. The molecule has 6 nitrogen and oxygen atoms in total. The second-order valence-electron chi connectivity index (χ2n) is 4.39. The van der Waals surface area contributed by atoms with E-state index in [0.29, 0.717) is 13.1 Å². The van der Waals surface area contributed by atoms with E-state index in [2.05, 4.69) is 44.6 Å². The van der Waals surface area contributed by atoms with Gasteiger partial charge in [-0.15, -0.1) is 10.2 Å². The summed E-state index contributed by atoms with van der Waals surface area (Å²) in [7, 11) is 3.80. The molecule has 0 bridgehead atoms. The fourth-order valence-corrected chi connectivity index (χ4v) is 1.78. The van der Waals surface area contributed by atoms with Crippen molar-refractivity contribution in [1.29, 1.82) is 0 Å². The highest BCUT2D eigenvalue weighted by atomic mass is 15.6. The van der Waals surface area contributed by atoms with E-state index >= 15 is 0 Å². The number of rotatable bonds is 5. The maximum Gasteiger partial charge on any atom is 0.188 e. The Bertz CT molecular complexity index is 490. The Labute approximate surface area is 106 Å². The van der Waals surface area contributed by atoms with Gasteiger partial charge in [0.1, 0.15) is 0 Å². The lowest BCUT2D eigenvalue weighted by Crippen LogP contribution is -2.18. The van der Waals surface area contributed by atoms with Crippen molar-refractivity contribution < 1.29 is 0 Å². The first-order valence-corrected chi connectivity index (χ1v) is 5.86. The van der Waals surface area contributed by atoms with Gasteiger partial charge >= 0.3 is 0 Å². The third-order valence-electron chi connectivity index (χ3n) is 2.67. The summed E-state index contributed by atoms with van der Waals surface area (Å²) in [4.78, 5) is 3.62. The van der Waals surface area contributed by atoms with Gasteiger partial charge in [-0.2, -0.15) is 4.80 Å². The fourth-order valence-electron chi connectivity index (χ4n) is 1.78. The summed E-state index contributed by atoms with van der Waals surface area (Å²) in [5.74, 6) is 0.735. The third kappa shape index (κ3) is 3.35. The highest BCUT2D eigenvalue weighted by molar-refractivity contribution is 5.22. The number of aryl methyl sites for hydroxylation is 1. The van der Waals surface area contributed by atoms with Crippen LogP contribution in [0, 0.1) is 0 Å².